The minimum Gasteiger partial charge on any atom is -0.198 e. The van der Waals surface area contributed by atoms with Gasteiger partial charge in [-0.2, -0.15) is 10.5 Å². The minimum atomic E-state index is -0.498. The van der Waals surface area contributed by atoms with Gasteiger partial charge in [0.25, 0.3) is 0 Å². The van der Waals surface area contributed by atoms with E-state index in [1.54, 1.807) is 0 Å². The lowest BCUT2D eigenvalue weighted by Crippen LogP contribution is -2.37. The highest BCUT2D eigenvalue weighted by Gasteiger charge is 2.46. The standard InChI is InChI=1S/C11H16N2/c1-10(2,8-12)11(9-13)6-4-3-5-7-11/h3-7H2,1-2H3. The second kappa shape index (κ2) is 3.38. The molecule has 0 N–H and O–H groups in total. The molecule has 2 heteroatoms. The maximum atomic E-state index is 9.21. The fourth-order valence-electron chi connectivity index (χ4n) is 2.14. The zero-order chi connectivity index (χ0) is 9.95. The summed E-state index contributed by atoms with van der Waals surface area (Å²) >= 11 is 0. The summed E-state index contributed by atoms with van der Waals surface area (Å²) in [4.78, 5) is 0. The van der Waals surface area contributed by atoms with E-state index in [-0.39, 0.29) is 5.41 Å². The molecule has 1 aliphatic carbocycles. The van der Waals surface area contributed by atoms with E-state index in [4.69, 9.17) is 5.26 Å². The molecule has 0 unspecified atom stereocenters. The summed E-state index contributed by atoms with van der Waals surface area (Å²) in [6, 6.07) is 4.67. The Hall–Kier alpha value is -1.02. The van der Waals surface area contributed by atoms with Gasteiger partial charge < -0.3 is 0 Å². The van der Waals surface area contributed by atoms with Gasteiger partial charge in [-0.25, -0.2) is 0 Å². The van der Waals surface area contributed by atoms with Crippen LogP contribution in [-0.4, -0.2) is 0 Å². The molecule has 1 aliphatic rings. The van der Waals surface area contributed by atoms with Gasteiger partial charge in [0.05, 0.1) is 23.0 Å². The lowest BCUT2D eigenvalue weighted by atomic mass is 9.60. The van der Waals surface area contributed by atoms with E-state index < -0.39 is 5.41 Å². The van der Waals surface area contributed by atoms with Crippen molar-refractivity contribution in [2.24, 2.45) is 10.8 Å². The third-order valence-electron chi connectivity index (χ3n) is 3.40. The molecule has 1 saturated carbocycles. The van der Waals surface area contributed by atoms with Gasteiger partial charge in [-0.3, -0.25) is 0 Å². The molecule has 0 heterocycles. The molecule has 0 bridgehead atoms. The normalized spacial score (nSPS) is 21.5. The zero-order valence-corrected chi connectivity index (χ0v) is 8.43. The van der Waals surface area contributed by atoms with E-state index in [0.717, 1.165) is 25.7 Å². The van der Waals surface area contributed by atoms with E-state index in [0.29, 0.717) is 0 Å². The maximum Gasteiger partial charge on any atom is 0.0754 e. The number of nitrogens with zero attached hydrogens (tertiary/aromatic N) is 2. The van der Waals surface area contributed by atoms with Crippen LogP contribution in [0.25, 0.3) is 0 Å². The van der Waals surface area contributed by atoms with Gasteiger partial charge in [-0.15, -0.1) is 0 Å². The molecule has 0 atom stereocenters. The molecule has 0 amide bonds. The lowest BCUT2D eigenvalue weighted by Gasteiger charge is -2.39. The molecule has 2 nitrogen and oxygen atoms in total. The Balaban J connectivity index is 2.94. The molecule has 0 aliphatic heterocycles. The Bertz CT molecular complexity index is 259. The van der Waals surface area contributed by atoms with Crippen LogP contribution in [0.1, 0.15) is 46.0 Å². The predicted molar refractivity (Wildman–Crippen MR) is 50.5 cm³/mol. The molecule has 70 valence electrons. The zero-order valence-electron chi connectivity index (χ0n) is 8.43. The Morgan fingerprint density at radius 2 is 1.62 bits per heavy atom. The van der Waals surface area contributed by atoms with Gasteiger partial charge >= 0.3 is 0 Å². The van der Waals surface area contributed by atoms with E-state index in [2.05, 4.69) is 12.1 Å². The monoisotopic (exact) mass is 176 g/mol. The average molecular weight is 176 g/mol. The Labute approximate surface area is 80.2 Å². The van der Waals surface area contributed by atoms with Crippen molar-refractivity contribution in [2.45, 2.75) is 46.0 Å². The van der Waals surface area contributed by atoms with Crippen LogP contribution in [0.15, 0.2) is 0 Å². The average Bonchev–Trinajstić information content (AvgIpc) is 2.18. The van der Waals surface area contributed by atoms with E-state index in [1.165, 1.54) is 6.42 Å². The molecule has 0 radical (unpaired) electrons. The van der Waals surface area contributed by atoms with Crippen molar-refractivity contribution in [1.29, 1.82) is 10.5 Å². The number of nitriles is 2. The molecule has 1 fully saturated rings. The van der Waals surface area contributed by atoms with Crippen LogP contribution in [0.3, 0.4) is 0 Å². The van der Waals surface area contributed by atoms with Gasteiger partial charge in [0.1, 0.15) is 0 Å². The molecular formula is C11H16N2. The second-order valence-corrected chi connectivity index (χ2v) is 4.49. The molecule has 0 aromatic rings. The van der Waals surface area contributed by atoms with Gasteiger partial charge in [0.15, 0.2) is 0 Å². The van der Waals surface area contributed by atoms with Crippen LogP contribution in [0.5, 0.6) is 0 Å². The largest absolute Gasteiger partial charge is 0.198 e. The van der Waals surface area contributed by atoms with Gasteiger partial charge in [-0.05, 0) is 26.7 Å². The third kappa shape index (κ3) is 1.54. The SMILES string of the molecule is CC(C)(C#N)C1(C#N)CCCCC1. The molecule has 13 heavy (non-hydrogen) atoms. The topological polar surface area (TPSA) is 47.6 Å². The van der Waals surface area contributed by atoms with Gasteiger partial charge in [0.2, 0.25) is 0 Å². The van der Waals surface area contributed by atoms with Crippen LogP contribution in [0.4, 0.5) is 0 Å². The van der Waals surface area contributed by atoms with Gasteiger partial charge in [-0.1, -0.05) is 19.3 Å². The van der Waals surface area contributed by atoms with Crippen molar-refractivity contribution in [3.8, 4) is 12.1 Å². The van der Waals surface area contributed by atoms with Crippen molar-refractivity contribution in [2.75, 3.05) is 0 Å². The van der Waals surface area contributed by atoms with E-state index >= 15 is 0 Å². The number of hydrogen-bond donors (Lipinski definition) is 0. The number of rotatable bonds is 1. The summed E-state index contributed by atoms with van der Waals surface area (Å²) in [6.45, 7) is 3.78. The lowest BCUT2D eigenvalue weighted by molar-refractivity contribution is 0.134. The first-order chi connectivity index (χ1) is 6.08. The van der Waals surface area contributed by atoms with Crippen LogP contribution < -0.4 is 0 Å². The van der Waals surface area contributed by atoms with Crippen LogP contribution in [0, 0.1) is 33.5 Å². The van der Waals surface area contributed by atoms with Crippen LogP contribution in [-0.2, 0) is 0 Å². The maximum absolute atomic E-state index is 9.21. The first-order valence-electron chi connectivity index (χ1n) is 4.90. The Morgan fingerprint density at radius 1 is 1.08 bits per heavy atom. The fraction of sp³-hybridized carbons (Fsp3) is 0.818. The Kier molecular flexibility index (Phi) is 2.62. The highest BCUT2D eigenvalue weighted by molar-refractivity contribution is 5.15. The summed E-state index contributed by atoms with van der Waals surface area (Å²) in [7, 11) is 0. The van der Waals surface area contributed by atoms with E-state index in [1.807, 2.05) is 13.8 Å². The van der Waals surface area contributed by atoms with Crippen LogP contribution in [0.2, 0.25) is 0 Å². The molecule has 0 saturated heterocycles. The highest BCUT2D eigenvalue weighted by Crippen LogP contribution is 2.48. The van der Waals surface area contributed by atoms with Gasteiger partial charge in [0, 0.05) is 0 Å². The summed E-state index contributed by atoms with van der Waals surface area (Å²) in [6.07, 6.45) is 5.19. The van der Waals surface area contributed by atoms with Crippen LogP contribution >= 0.6 is 0 Å². The summed E-state index contributed by atoms with van der Waals surface area (Å²) in [5.41, 5.74) is -0.887. The summed E-state index contributed by atoms with van der Waals surface area (Å²) in [5, 5.41) is 18.2. The van der Waals surface area contributed by atoms with Crippen molar-refractivity contribution in [1.82, 2.24) is 0 Å². The van der Waals surface area contributed by atoms with Crippen molar-refractivity contribution in [3.05, 3.63) is 0 Å². The smallest absolute Gasteiger partial charge is 0.0754 e. The van der Waals surface area contributed by atoms with E-state index in [9.17, 15) is 5.26 Å². The predicted octanol–water partition coefficient (Wildman–Crippen LogP) is 3.01. The molecule has 1 rings (SSSR count). The molecular weight excluding hydrogens is 160 g/mol. The highest BCUT2D eigenvalue weighted by atomic mass is 14.5. The number of hydrogen-bond acceptors (Lipinski definition) is 2. The van der Waals surface area contributed by atoms with Crippen molar-refractivity contribution in [3.63, 3.8) is 0 Å². The Morgan fingerprint density at radius 3 is 2.00 bits per heavy atom. The third-order valence-corrected chi connectivity index (χ3v) is 3.40. The summed E-state index contributed by atoms with van der Waals surface area (Å²) < 4.78 is 0. The van der Waals surface area contributed by atoms with Crippen molar-refractivity contribution < 1.29 is 0 Å². The first kappa shape index (κ1) is 10.1. The fourth-order valence-corrected chi connectivity index (χ4v) is 2.14. The molecule has 0 spiro atoms. The van der Waals surface area contributed by atoms with Crippen molar-refractivity contribution >= 4 is 0 Å². The molecule has 0 aromatic heterocycles. The summed E-state index contributed by atoms with van der Waals surface area (Å²) in [5.74, 6) is 0. The minimum absolute atomic E-state index is 0.389. The second-order valence-electron chi connectivity index (χ2n) is 4.49. The molecule has 0 aromatic carbocycles. The quantitative estimate of drug-likeness (QED) is 0.616. The first-order valence-corrected chi connectivity index (χ1v) is 4.90.